The van der Waals surface area contributed by atoms with Crippen molar-refractivity contribution < 1.29 is 4.79 Å². The third-order valence-electron chi connectivity index (χ3n) is 4.80. The van der Waals surface area contributed by atoms with Gasteiger partial charge in [0.2, 0.25) is 5.91 Å². The van der Waals surface area contributed by atoms with E-state index in [-0.39, 0.29) is 24.3 Å². The number of hydrogen-bond acceptors (Lipinski definition) is 5. The molecule has 138 valence electrons. The Bertz CT molecular complexity index is 911. The van der Waals surface area contributed by atoms with E-state index in [9.17, 15) is 4.79 Å². The van der Waals surface area contributed by atoms with Crippen molar-refractivity contribution in [2.75, 3.05) is 13.1 Å². The smallest absolute Gasteiger partial charge is 0.225 e. The summed E-state index contributed by atoms with van der Waals surface area (Å²) in [6.45, 7) is 1.68. The summed E-state index contributed by atoms with van der Waals surface area (Å²) in [5, 5.41) is 18.8. The van der Waals surface area contributed by atoms with Crippen molar-refractivity contribution in [3.05, 3.63) is 71.0 Å². The fourth-order valence-electron chi connectivity index (χ4n) is 3.40. The van der Waals surface area contributed by atoms with E-state index in [0.29, 0.717) is 17.4 Å². The lowest BCUT2D eigenvalue weighted by molar-refractivity contribution is -0.125. The average Bonchev–Trinajstić information content (AvgIpc) is 3.37. The summed E-state index contributed by atoms with van der Waals surface area (Å²) in [7, 11) is 0. The van der Waals surface area contributed by atoms with Crippen molar-refractivity contribution in [2.45, 2.75) is 12.5 Å². The van der Waals surface area contributed by atoms with Crippen LogP contribution in [0.15, 0.2) is 54.6 Å². The maximum absolute atomic E-state index is 12.8. The molecule has 2 heterocycles. The molecular weight excluding hydrogens is 364 g/mol. The molecular formula is C19H19ClN6O. The molecule has 4 rings (SSSR count). The van der Waals surface area contributed by atoms with E-state index in [1.165, 1.54) is 0 Å². The maximum Gasteiger partial charge on any atom is 0.225 e. The van der Waals surface area contributed by atoms with Gasteiger partial charge in [-0.25, -0.2) is 0 Å². The molecule has 1 aliphatic rings. The van der Waals surface area contributed by atoms with E-state index < -0.39 is 0 Å². The van der Waals surface area contributed by atoms with Crippen LogP contribution in [0, 0.1) is 5.92 Å². The van der Waals surface area contributed by atoms with E-state index in [4.69, 9.17) is 11.6 Å². The lowest BCUT2D eigenvalue weighted by atomic mass is 9.88. The third-order valence-corrected chi connectivity index (χ3v) is 5.06. The second kappa shape index (κ2) is 7.85. The lowest BCUT2D eigenvalue weighted by Crippen LogP contribution is -2.34. The molecule has 1 aromatic heterocycles. The Balaban J connectivity index is 1.44. The van der Waals surface area contributed by atoms with Gasteiger partial charge in [-0.05, 0) is 40.3 Å². The summed E-state index contributed by atoms with van der Waals surface area (Å²) in [6, 6.07) is 17.3. The van der Waals surface area contributed by atoms with Crippen LogP contribution in [0.3, 0.4) is 0 Å². The Labute approximate surface area is 161 Å². The molecule has 0 saturated carbocycles. The van der Waals surface area contributed by atoms with Crippen LogP contribution in [0.5, 0.6) is 0 Å². The molecule has 7 nitrogen and oxygen atoms in total. The number of rotatable bonds is 5. The number of nitrogens with zero attached hydrogens (tertiary/aromatic N) is 4. The lowest BCUT2D eigenvalue weighted by Gasteiger charge is -2.18. The van der Waals surface area contributed by atoms with Crippen molar-refractivity contribution in [1.29, 1.82) is 0 Å². The number of hydrogen-bond donors (Lipinski definition) is 2. The van der Waals surface area contributed by atoms with Crippen LogP contribution >= 0.6 is 11.6 Å². The van der Waals surface area contributed by atoms with Gasteiger partial charge >= 0.3 is 0 Å². The third kappa shape index (κ3) is 3.84. The first kappa shape index (κ1) is 17.6. The Kier molecular flexibility index (Phi) is 5.13. The molecule has 8 heteroatoms. The zero-order valence-electron chi connectivity index (χ0n) is 14.5. The van der Waals surface area contributed by atoms with E-state index in [1.807, 2.05) is 54.6 Å². The van der Waals surface area contributed by atoms with Crippen molar-refractivity contribution in [1.82, 2.24) is 30.8 Å². The second-order valence-electron chi connectivity index (χ2n) is 6.48. The molecule has 1 aliphatic heterocycles. The Morgan fingerprint density at radius 2 is 1.93 bits per heavy atom. The fraction of sp³-hybridized carbons (Fsp3) is 0.263. The molecule has 3 aromatic rings. The number of carbonyl (C=O) groups excluding carboxylic acids is 1. The Morgan fingerprint density at radius 3 is 2.70 bits per heavy atom. The van der Waals surface area contributed by atoms with Gasteiger partial charge in [-0.3, -0.25) is 4.79 Å². The predicted molar refractivity (Wildman–Crippen MR) is 102 cm³/mol. The number of nitrogens with one attached hydrogen (secondary N) is 2. The van der Waals surface area contributed by atoms with Gasteiger partial charge in [-0.15, -0.1) is 5.10 Å². The molecule has 2 atom stereocenters. The topological polar surface area (TPSA) is 84.7 Å². The van der Waals surface area contributed by atoms with Crippen LogP contribution in [0.2, 0.25) is 5.02 Å². The zero-order chi connectivity index (χ0) is 18.6. The summed E-state index contributed by atoms with van der Waals surface area (Å²) >= 11 is 5.97. The van der Waals surface area contributed by atoms with Gasteiger partial charge in [0.25, 0.3) is 0 Å². The van der Waals surface area contributed by atoms with Gasteiger partial charge in [0.05, 0.1) is 18.2 Å². The quantitative estimate of drug-likeness (QED) is 0.704. The highest BCUT2D eigenvalue weighted by atomic mass is 35.5. The van der Waals surface area contributed by atoms with Gasteiger partial charge < -0.3 is 10.6 Å². The minimum absolute atomic E-state index is 0.0115. The molecule has 1 saturated heterocycles. The molecule has 0 bridgehead atoms. The largest absolute Gasteiger partial charge is 0.348 e. The minimum atomic E-state index is -0.146. The predicted octanol–water partition coefficient (Wildman–Crippen LogP) is 1.94. The number of halogens is 1. The number of aromatic nitrogens is 4. The van der Waals surface area contributed by atoms with E-state index >= 15 is 0 Å². The van der Waals surface area contributed by atoms with Crippen molar-refractivity contribution in [3.63, 3.8) is 0 Å². The van der Waals surface area contributed by atoms with Crippen LogP contribution in [0.4, 0.5) is 0 Å². The fourth-order valence-corrected chi connectivity index (χ4v) is 3.52. The normalized spacial score (nSPS) is 19.1. The molecule has 0 radical (unpaired) electrons. The van der Waals surface area contributed by atoms with E-state index in [1.54, 1.807) is 4.68 Å². The number of carbonyl (C=O) groups is 1. The van der Waals surface area contributed by atoms with Crippen LogP contribution in [-0.4, -0.2) is 39.2 Å². The highest BCUT2D eigenvalue weighted by molar-refractivity contribution is 6.30. The first-order chi connectivity index (χ1) is 13.2. The number of amides is 1. The van der Waals surface area contributed by atoms with E-state index in [0.717, 1.165) is 17.8 Å². The van der Waals surface area contributed by atoms with Crippen LogP contribution in [0.1, 0.15) is 17.3 Å². The van der Waals surface area contributed by atoms with Crippen molar-refractivity contribution in [3.8, 4) is 5.69 Å². The number of benzene rings is 2. The van der Waals surface area contributed by atoms with Gasteiger partial charge in [-0.2, -0.15) is 4.68 Å². The van der Waals surface area contributed by atoms with Crippen LogP contribution in [0.25, 0.3) is 5.69 Å². The summed E-state index contributed by atoms with van der Waals surface area (Å²) in [5.74, 6) is 0.547. The molecule has 1 amide bonds. The van der Waals surface area contributed by atoms with Gasteiger partial charge in [0.1, 0.15) is 0 Å². The van der Waals surface area contributed by atoms with Crippen LogP contribution < -0.4 is 10.6 Å². The number of tetrazole rings is 1. The number of para-hydroxylation sites is 1. The Hall–Kier alpha value is -2.77. The molecule has 1 fully saturated rings. The second-order valence-corrected chi connectivity index (χ2v) is 6.92. The summed E-state index contributed by atoms with van der Waals surface area (Å²) < 4.78 is 1.63. The molecule has 0 unspecified atom stereocenters. The van der Waals surface area contributed by atoms with Gasteiger partial charge in [0, 0.05) is 24.0 Å². The van der Waals surface area contributed by atoms with Gasteiger partial charge in [0.15, 0.2) is 5.82 Å². The molecule has 0 spiro atoms. The van der Waals surface area contributed by atoms with Gasteiger partial charge in [-0.1, -0.05) is 41.9 Å². The first-order valence-corrected chi connectivity index (χ1v) is 9.17. The maximum atomic E-state index is 12.8. The van der Waals surface area contributed by atoms with Crippen LogP contribution in [-0.2, 0) is 11.3 Å². The molecule has 2 aromatic carbocycles. The minimum Gasteiger partial charge on any atom is -0.348 e. The standard InChI is InChI=1S/C19H19ClN6O/c20-14-8-6-13(7-9-14)16-10-21-11-17(16)19(27)22-12-18-23-24-25-26(18)15-4-2-1-3-5-15/h1-9,16-17,21H,10-12H2,(H,22,27)/t16-,17+/m0/s1. The Morgan fingerprint density at radius 1 is 1.15 bits per heavy atom. The molecule has 2 N–H and O–H groups in total. The summed E-state index contributed by atoms with van der Waals surface area (Å²) in [5.41, 5.74) is 1.96. The molecule has 27 heavy (non-hydrogen) atoms. The highest BCUT2D eigenvalue weighted by Gasteiger charge is 2.34. The average molecular weight is 383 g/mol. The van der Waals surface area contributed by atoms with E-state index in [2.05, 4.69) is 26.2 Å². The first-order valence-electron chi connectivity index (χ1n) is 8.79. The SMILES string of the molecule is O=C(NCc1nnnn1-c1ccccc1)[C@@H]1CNC[C@H]1c1ccc(Cl)cc1. The molecule has 0 aliphatic carbocycles. The summed E-state index contributed by atoms with van der Waals surface area (Å²) in [4.78, 5) is 12.8. The monoisotopic (exact) mass is 382 g/mol. The van der Waals surface area contributed by atoms with Crippen molar-refractivity contribution in [2.24, 2.45) is 5.92 Å². The van der Waals surface area contributed by atoms with Crippen molar-refractivity contribution >= 4 is 17.5 Å². The summed E-state index contributed by atoms with van der Waals surface area (Å²) in [6.07, 6.45) is 0. The zero-order valence-corrected chi connectivity index (χ0v) is 15.3. The highest BCUT2D eigenvalue weighted by Crippen LogP contribution is 2.29.